The smallest absolute Gasteiger partial charge is 0.329 e. The van der Waals surface area contributed by atoms with Gasteiger partial charge in [-0.2, -0.15) is 0 Å². The summed E-state index contributed by atoms with van der Waals surface area (Å²) in [7, 11) is 0. The molecule has 4 aromatic rings. The number of para-hydroxylation sites is 5. The molecule has 6 nitrogen and oxygen atoms in total. The maximum Gasteiger partial charge on any atom is 0.329 e. The van der Waals surface area contributed by atoms with E-state index < -0.39 is 0 Å². The lowest BCUT2D eigenvalue weighted by Crippen LogP contribution is -2.25. The van der Waals surface area contributed by atoms with Crippen LogP contribution >= 0.6 is 0 Å². The molecule has 0 atom stereocenters. The third kappa shape index (κ3) is 3.98. The number of ether oxygens (including phenoxy) is 1. The lowest BCUT2D eigenvalue weighted by atomic mass is 10.2. The topological polar surface area (TPSA) is 65.3 Å². The molecule has 0 unspecified atom stereocenters. The number of nitrogens with zero attached hydrogens (tertiary/aromatic N) is 2. The summed E-state index contributed by atoms with van der Waals surface area (Å²) in [4.78, 5) is 25.3. The number of carbonyl (C=O) groups excluding carboxylic acids is 1. The molecule has 1 heterocycles. The van der Waals surface area contributed by atoms with E-state index in [2.05, 4.69) is 5.32 Å². The van der Waals surface area contributed by atoms with E-state index in [0.717, 1.165) is 11.0 Å². The van der Waals surface area contributed by atoms with Gasteiger partial charge in [0.25, 0.3) is 0 Å². The predicted molar refractivity (Wildman–Crippen MR) is 118 cm³/mol. The number of aryl methyl sites for hydroxylation is 2. The number of anilines is 1. The number of fused-ring (bicyclic) bond motifs is 1. The van der Waals surface area contributed by atoms with Crippen LogP contribution in [0.25, 0.3) is 11.0 Å². The minimum absolute atomic E-state index is 0.0979. The van der Waals surface area contributed by atoms with Gasteiger partial charge in [-0.3, -0.25) is 13.9 Å². The second kappa shape index (κ2) is 8.69. The predicted octanol–water partition coefficient (Wildman–Crippen LogP) is 4.64. The minimum Gasteiger partial charge on any atom is -0.455 e. The molecule has 4 rings (SSSR count). The first-order valence-electron chi connectivity index (χ1n) is 9.97. The molecule has 0 spiro atoms. The molecule has 1 amide bonds. The maximum atomic E-state index is 12.7. The van der Waals surface area contributed by atoms with Gasteiger partial charge >= 0.3 is 5.69 Å². The Morgan fingerprint density at radius 3 is 2.23 bits per heavy atom. The molecule has 3 aromatic carbocycles. The van der Waals surface area contributed by atoms with Gasteiger partial charge in [0.1, 0.15) is 5.75 Å². The molecule has 1 N–H and O–H groups in total. The largest absolute Gasteiger partial charge is 0.455 e. The van der Waals surface area contributed by atoms with E-state index in [1.165, 1.54) is 0 Å². The highest BCUT2D eigenvalue weighted by molar-refractivity contribution is 5.92. The lowest BCUT2D eigenvalue weighted by molar-refractivity contribution is -0.116. The minimum atomic E-state index is -0.181. The number of imidazole rings is 1. The third-order valence-corrected chi connectivity index (χ3v) is 4.94. The quantitative estimate of drug-likeness (QED) is 0.490. The maximum absolute atomic E-state index is 12.7. The van der Waals surface area contributed by atoms with E-state index in [-0.39, 0.29) is 18.0 Å². The van der Waals surface area contributed by atoms with Gasteiger partial charge in [-0.05, 0) is 43.3 Å². The van der Waals surface area contributed by atoms with E-state index >= 15 is 0 Å². The second-order valence-electron chi connectivity index (χ2n) is 6.88. The number of carbonyl (C=O) groups is 1. The molecule has 0 saturated heterocycles. The van der Waals surface area contributed by atoms with Crippen molar-refractivity contribution in [2.45, 2.75) is 26.4 Å². The van der Waals surface area contributed by atoms with Crippen molar-refractivity contribution in [2.75, 3.05) is 5.32 Å². The normalized spacial score (nSPS) is 10.8. The third-order valence-electron chi connectivity index (χ3n) is 4.94. The number of amides is 1. The fraction of sp³-hybridized carbons (Fsp3) is 0.167. The molecule has 6 heteroatoms. The molecule has 1 aromatic heterocycles. The van der Waals surface area contributed by atoms with Crippen molar-refractivity contribution in [3.63, 3.8) is 0 Å². The number of hydrogen-bond donors (Lipinski definition) is 1. The average Bonchev–Trinajstić information content (AvgIpc) is 3.05. The molecule has 0 bridgehead atoms. The Balaban J connectivity index is 1.49. The SMILES string of the molecule is CCn1c(=O)n(CCC(=O)Nc2ccccc2Oc2ccccc2)c2ccccc21. The van der Waals surface area contributed by atoms with Gasteiger partial charge in [-0.15, -0.1) is 0 Å². The van der Waals surface area contributed by atoms with Crippen LogP contribution in [0.3, 0.4) is 0 Å². The number of nitrogens with one attached hydrogen (secondary N) is 1. The number of hydrogen-bond acceptors (Lipinski definition) is 3. The van der Waals surface area contributed by atoms with Gasteiger partial charge in [0.15, 0.2) is 5.75 Å². The Morgan fingerprint density at radius 2 is 1.50 bits per heavy atom. The van der Waals surface area contributed by atoms with E-state index in [0.29, 0.717) is 30.3 Å². The summed E-state index contributed by atoms with van der Waals surface area (Å²) in [5.41, 5.74) is 2.21. The summed E-state index contributed by atoms with van der Waals surface area (Å²) in [6, 6.07) is 24.3. The number of aromatic nitrogens is 2. The van der Waals surface area contributed by atoms with E-state index in [4.69, 9.17) is 4.74 Å². The van der Waals surface area contributed by atoms with Gasteiger partial charge in [0, 0.05) is 19.5 Å². The molecular formula is C24H23N3O3. The standard InChI is InChI=1S/C24H23N3O3/c1-2-26-20-13-7-8-14-21(20)27(24(26)29)17-16-23(28)25-19-12-6-9-15-22(19)30-18-10-4-3-5-11-18/h3-15H,2,16-17H2,1H3,(H,25,28). The Kier molecular flexibility index (Phi) is 5.66. The molecule has 0 aliphatic rings. The van der Waals surface area contributed by atoms with Crippen LogP contribution in [0.2, 0.25) is 0 Å². The second-order valence-corrected chi connectivity index (χ2v) is 6.88. The first-order chi connectivity index (χ1) is 14.7. The highest BCUT2D eigenvalue weighted by Crippen LogP contribution is 2.29. The number of rotatable bonds is 7. The summed E-state index contributed by atoms with van der Waals surface area (Å²) in [6.07, 6.45) is 0.178. The fourth-order valence-electron chi connectivity index (χ4n) is 3.49. The molecule has 30 heavy (non-hydrogen) atoms. The monoisotopic (exact) mass is 401 g/mol. The molecule has 0 aliphatic carbocycles. The summed E-state index contributed by atoms with van der Waals surface area (Å²) < 4.78 is 9.27. The van der Waals surface area contributed by atoms with Crippen molar-refractivity contribution in [3.8, 4) is 11.5 Å². The molecule has 0 saturated carbocycles. The van der Waals surface area contributed by atoms with Crippen molar-refractivity contribution >= 4 is 22.6 Å². The number of benzene rings is 3. The Bertz CT molecular complexity index is 1230. The van der Waals surface area contributed by atoms with Crippen LogP contribution in [0, 0.1) is 0 Å². The van der Waals surface area contributed by atoms with Gasteiger partial charge in [0.05, 0.1) is 16.7 Å². The molecular weight excluding hydrogens is 378 g/mol. The summed E-state index contributed by atoms with van der Waals surface area (Å²) >= 11 is 0. The average molecular weight is 401 g/mol. The van der Waals surface area contributed by atoms with Gasteiger partial charge in [-0.25, -0.2) is 4.79 Å². The van der Waals surface area contributed by atoms with Crippen LogP contribution in [0.1, 0.15) is 13.3 Å². The highest BCUT2D eigenvalue weighted by Gasteiger charge is 2.14. The van der Waals surface area contributed by atoms with Crippen LogP contribution < -0.4 is 15.7 Å². The van der Waals surface area contributed by atoms with Crippen molar-refractivity contribution in [3.05, 3.63) is 89.3 Å². The molecule has 0 aliphatic heterocycles. The van der Waals surface area contributed by atoms with Crippen LogP contribution in [0.15, 0.2) is 83.7 Å². The molecule has 0 fully saturated rings. The fourth-order valence-corrected chi connectivity index (χ4v) is 3.49. The van der Waals surface area contributed by atoms with Crippen molar-refractivity contribution < 1.29 is 9.53 Å². The van der Waals surface area contributed by atoms with Gasteiger partial charge < -0.3 is 10.1 Å². The zero-order valence-electron chi connectivity index (χ0n) is 16.7. The summed E-state index contributed by atoms with van der Waals surface area (Å²) in [5.74, 6) is 1.08. The summed E-state index contributed by atoms with van der Waals surface area (Å²) in [5, 5.41) is 2.90. The van der Waals surface area contributed by atoms with Gasteiger partial charge in [-0.1, -0.05) is 42.5 Å². The van der Waals surface area contributed by atoms with Crippen LogP contribution in [0.4, 0.5) is 5.69 Å². The van der Waals surface area contributed by atoms with E-state index in [9.17, 15) is 9.59 Å². The Morgan fingerprint density at radius 1 is 0.867 bits per heavy atom. The Labute approximate surface area is 174 Å². The first kappa shape index (κ1) is 19.5. The van der Waals surface area contributed by atoms with Crippen molar-refractivity contribution in [1.82, 2.24) is 9.13 Å². The van der Waals surface area contributed by atoms with Gasteiger partial charge in [0.2, 0.25) is 5.91 Å². The Hall–Kier alpha value is -3.80. The molecule has 0 radical (unpaired) electrons. The van der Waals surface area contributed by atoms with E-state index in [1.54, 1.807) is 15.2 Å². The highest BCUT2D eigenvalue weighted by atomic mass is 16.5. The van der Waals surface area contributed by atoms with Crippen LogP contribution in [0.5, 0.6) is 11.5 Å². The van der Waals surface area contributed by atoms with Crippen LogP contribution in [-0.2, 0) is 17.9 Å². The summed E-state index contributed by atoms with van der Waals surface area (Å²) in [6.45, 7) is 2.83. The zero-order chi connectivity index (χ0) is 20.9. The van der Waals surface area contributed by atoms with Crippen molar-refractivity contribution in [2.24, 2.45) is 0 Å². The van der Waals surface area contributed by atoms with E-state index in [1.807, 2.05) is 79.7 Å². The zero-order valence-corrected chi connectivity index (χ0v) is 16.7. The van der Waals surface area contributed by atoms with Crippen molar-refractivity contribution in [1.29, 1.82) is 0 Å². The molecule has 152 valence electrons. The first-order valence-corrected chi connectivity index (χ1v) is 9.97. The lowest BCUT2D eigenvalue weighted by Gasteiger charge is -2.12. The van der Waals surface area contributed by atoms with Crippen LogP contribution in [-0.4, -0.2) is 15.0 Å².